The van der Waals surface area contributed by atoms with Gasteiger partial charge in [-0.3, -0.25) is 13.7 Å². The molecule has 2 heterocycles. The van der Waals surface area contributed by atoms with Crippen LogP contribution in [-0.4, -0.2) is 30.4 Å². The van der Waals surface area contributed by atoms with Crippen LogP contribution >= 0.6 is 23.1 Å². The number of nitrogens with one attached hydrogen (secondary N) is 1. The van der Waals surface area contributed by atoms with Gasteiger partial charge in [-0.25, -0.2) is 13.2 Å². The Balaban J connectivity index is 1.60. The number of rotatable bonds is 11. The molecule has 2 aliphatic rings. The van der Waals surface area contributed by atoms with Crippen molar-refractivity contribution >= 4 is 38.9 Å². The molecule has 0 bridgehead atoms. The summed E-state index contributed by atoms with van der Waals surface area (Å²) in [7, 11) is -4.02. The summed E-state index contributed by atoms with van der Waals surface area (Å²) in [6.07, 6.45) is 2.10. The van der Waals surface area contributed by atoms with Gasteiger partial charge in [-0.2, -0.15) is 4.98 Å². The van der Waals surface area contributed by atoms with Gasteiger partial charge in [0.25, 0.3) is 10.0 Å². The van der Waals surface area contributed by atoms with Crippen LogP contribution in [0.1, 0.15) is 29.8 Å². The maximum Gasteiger partial charge on any atom is 0.354 e. The van der Waals surface area contributed by atoms with Gasteiger partial charge in [0, 0.05) is 10.6 Å². The number of unbranched alkanes of at least 4 members (excludes halogenated alkanes) is 2. The molecule has 0 spiro atoms. The lowest BCUT2D eigenvalue weighted by Crippen LogP contribution is -2.17. The number of hydrogen-bond donors (Lipinski definition) is 1. The third-order valence-corrected chi connectivity index (χ3v) is 9.37. The van der Waals surface area contributed by atoms with E-state index in [0.29, 0.717) is 29.3 Å². The summed E-state index contributed by atoms with van der Waals surface area (Å²) in [5.74, 6) is 1.85. The number of nitrogens with zero attached hydrogens (tertiary/aromatic N) is 2. The summed E-state index contributed by atoms with van der Waals surface area (Å²) in [4.78, 5) is 17.7. The van der Waals surface area contributed by atoms with Gasteiger partial charge in [-0.15, -0.1) is 23.1 Å². The second-order valence-corrected chi connectivity index (χ2v) is 12.3. The lowest BCUT2D eigenvalue weighted by Gasteiger charge is -2.16. The highest BCUT2D eigenvalue weighted by Crippen LogP contribution is 2.39. The molecular formula is C25H26FN3O4S3. The van der Waals surface area contributed by atoms with Crippen LogP contribution in [0.4, 0.5) is 10.2 Å². The van der Waals surface area contributed by atoms with Crippen LogP contribution in [0.15, 0.2) is 68.5 Å². The molecule has 2 aromatic rings. The van der Waals surface area contributed by atoms with Gasteiger partial charge in [0.2, 0.25) is 0 Å². The SMILES string of the molecule is Cc1sc(SCCCCCF)c2c(NS(=O)(=O)c3ccc(Oc4ccccc4)cc3)nc(=O)n-2c1C. The van der Waals surface area contributed by atoms with E-state index in [1.807, 2.05) is 25.1 Å². The van der Waals surface area contributed by atoms with Crippen LogP contribution in [0.25, 0.3) is 5.69 Å². The van der Waals surface area contributed by atoms with Crippen molar-refractivity contribution < 1.29 is 17.5 Å². The molecule has 0 unspecified atom stereocenters. The summed E-state index contributed by atoms with van der Waals surface area (Å²) in [6.45, 7) is 3.38. The number of para-hydroxylation sites is 1. The lowest BCUT2D eigenvalue weighted by atomic mass is 10.3. The van der Waals surface area contributed by atoms with Crippen LogP contribution in [0.5, 0.6) is 11.5 Å². The number of halogens is 1. The second-order valence-electron chi connectivity index (χ2n) is 8.05. The van der Waals surface area contributed by atoms with Gasteiger partial charge >= 0.3 is 5.69 Å². The van der Waals surface area contributed by atoms with Gasteiger partial charge < -0.3 is 4.74 Å². The smallest absolute Gasteiger partial charge is 0.354 e. The largest absolute Gasteiger partial charge is 0.457 e. The van der Waals surface area contributed by atoms with E-state index >= 15 is 0 Å². The minimum Gasteiger partial charge on any atom is -0.457 e. The van der Waals surface area contributed by atoms with Crippen LogP contribution in [-0.2, 0) is 10.0 Å². The first kappa shape index (κ1) is 26.2. The highest BCUT2D eigenvalue weighted by Gasteiger charge is 2.26. The predicted molar refractivity (Wildman–Crippen MR) is 143 cm³/mol. The average Bonchev–Trinajstić information content (AvgIpc) is 3.18. The van der Waals surface area contributed by atoms with Crippen LogP contribution in [0, 0.1) is 13.8 Å². The molecule has 11 heteroatoms. The fourth-order valence-corrected chi connectivity index (χ4v) is 7.05. The first-order valence-corrected chi connectivity index (χ1v) is 14.7. The molecule has 0 amide bonds. The van der Waals surface area contributed by atoms with Crippen molar-refractivity contribution in [1.29, 1.82) is 0 Å². The molecule has 0 aliphatic carbocycles. The van der Waals surface area contributed by atoms with Crippen molar-refractivity contribution in [2.45, 2.75) is 42.2 Å². The number of imidazole rings is 1. The molecule has 0 saturated heterocycles. The fraction of sp³-hybridized carbons (Fsp3) is 0.280. The predicted octanol–water partition coefficient (Wildman–Crippen LogP) is 6.17. The molecule has 0 atom stereocenters. The Morgan fingerprint density at radius 3 is 2.42 bits per heavy atom. The van der Waals surface area contributed by atoms with Crippen molar-refractivity contribution in [3.05, 3.63) is 75.7 Å². The average molecular weight is 548 g/mol. The van der Waals surface area contributed by atoms with E-state index in [9.17, 15) is 17.6 Å². The molecule has 4 rings (SSSR count). The topological polar surface area (TPSA) is 90.3 Å². The number of alkyl halides is 1. The highest BCUT2D eigenvalue weighted by atomic mass is 32.2. The molecule has 0 saturated carbocycles. The van der Waals surface area contributed by atoms with Crippen LogP contribution < -0.4 is 15.1 Å². The van der Waals surface area contributed by atoms with E-state index in [4.69, 9.17) is 4.74 Å². The number of hydrogen-bond acceptors (Lipinski definition) is 7. The number of ether oxygens (including phenoxy) is 1. The molecule has 36 heavy (non-hydrogen) atoms. The van der Waals surface area contributed by atoms with Crippen molar-refractivity contribution in [2.75, 3.05) is 17.1 Å². The second kappa shape index (κ2) is 11.4. The monoisotopic (exact) mass is 547 g/mol. The van der Waals surface area contributed by atoms with Crippen molar-refractivity contribution in [2.24, 2.45) is 0 Å². The van der Waals surface area contributed by atoms with E-state index in [1.165, 1.54) is 39.8 Å². The van der Waals surface area contributed by atoms with E-state index in [2.05, 4.69) is 9.71 Å². The number of anilines is 1. The summed E-state index contributed by atoms with van der Waals surface area (Å²) >= 11 is 3.01. The van der Waals surface area contributed by atoms with Gasteiger partial charge in [0.15, 0.2) is 5.82 Å². The standard InChI is InChI=1S/C25H26FN3O4S3/c1-17-18(2)35-24(34-16-8-4-7-15-26)22-23(27-25(30)29(17)22)28-36(31,32)21-13-11-20(12-14-21)33-19-9-5-3-6-10-19/h3,5-6,9-14H,4,7-8,15-16H2,1-2H3,(H,27,28,30). The Kier molecular flexibility index (Phi) is 8.32. The molecule has 0 aromatic heterocycles. The number of benzene rings is 2. The number of aryl methyl sites for hydroxylation is 1. The minimum atomic E-state index is -4.02. The van der Waals surface area contributed by atoms with Crippen LogP contribution in [0.3, 0.4) is 0 Å². The van der Waals surface area contributed by atoms with E-state index in [-0.39, 0.29) is 17.4 Å². The normalized spacial score (nSPS) is 11.6. The molecule has 190 valence electrons. The van der Waals surface area contributed by atoms with Crippen molar-refractivity contribution in [3.8, 4) is 17.2 Å². The summed E-state index contributed by atoms with van der Waals surface area (Å²) < 4.78 is 49.2. The van der Waals surface area contributed by atoms with Gasteiger partial charge in [-0.05, 0) is 68.8 Å². The molecule has 2 aliphatic heterocycles. The van der Waals surface area contributed by atoms with Crippen LogP contribution in [0.2, 0.25) is 0 Å². The number of aromatic nitrogens is 2. The Morgan fingerprint density at radius 2 is 1.72 bits per heavy atom. The number of fused-ring (bicyclic) bond motifs is 1. The molecular weight excluding hydrogens is 521 g/mol. The fourth-order valence-electron chi connectivity index (χ4n) is 3.52. The Labute approximate surface area is 217 Å². The minimum absolute atomic E-state index is 0.00443. The van der Waals surface area contributed by atoms with Crippen molar-refractivity contribution in [3.63, 3.8) is 0 Å². The van der Waals surface area contributed by atoms with Crippen molar-refractivity contribution in [1.82, 2.24) is 9.55 Å². The zero-order valence-electron chi connectivity index (χ0n) is 19.9. The number of sulfonamides is 1. The van der Waals surface area contributed by atoms with Gasteiger partial charge in [-0.1, -0.05) is 24.6 Å². The first-order chi connectivity index (χ1) is 17.3. The summed E-state index contributed by atoms with van der Waals surface area (Å²) in [5.41, 5.74) is 0.611. The Morgan fingerprint density at radius 1 is 1.03 bits per heavy atom. The third-order valence-electron chi connectivity index (χ3n) is 5.49. The zero-order valence-corrected chi connectivity index (χ0v) is 22.3. The molecule has 0 fully saturated rings. The molecule has 2 aromatic carbocycles. The quantitative estimate of drug-likeness (QED) is 0.178. The maximum absolute atomic E-state index is 13.2. The summed E-state index contributed by atoms with van der Waals surface area (Å²) in [6, 6.07) is 15.2. The van der Waals surface area contributed by atoms with E-state index in [0.717, 1.165) is 27.7 Å². The van der Waals surface area contributed by atoms with E-state index in [1.54, 1.807) is 31.2 Å². The lowest BCUT2D eigenvalue weighted by molar-refractivity contribution is 0.460. The van der Waals surface area contributed by atoms with Gasteiger partial charge in [0.05, 0.1) is 15.8 Å². The zero-order chi connectivity index (χ0) is 25.7. The highest BCUT2D eigenvalue weighted by molar-refractivity contribution is 8.01. The Bertz CT molecular complexity index is 1450. The molecule has 0 radical (unpaired) electrons. The van der Waals surface area contributed by atoms with E-state index < -0.39 is 15.7 Å². The third kappa shape index (κ3) is 5.91. The van der Waals surface area contributed by atoms with Gasteiger partial charge in [0.1, 0.15) is 17.2 Å². The maximum atomic E-state index is 13.2. The molecule has 7 nitrogen and oxygen atoms in total. The molecule has 1 N–H and O–H groups in total. The Hall–Kier alpha value is -2.89. The summed E-state index contributed by atoms with van der Waals surface area (Å²) in [5, 5.41) is 0. The number of thioether (sulfide) groups is 1. The first-order valence-electron chi connectivity index (χ1n) is 11.4.